The minimum atomic E-state index is -0.565. The van der Waals surface area contributed by atoms with Gasteiger partial charge in [-0.3, -0.25) is 9.59 Å². The van der Waals surface area contributed by atoms with Gasteiger partial charge in [-0.1, -0.05) is 68.8 Å². The number of nitrogens with zero attached hydrogens (tertiary/aromatic N) is 1. The van der Waals surface area contributed by atoms with Gasteiger partial charge in [0.2, 0.25) is 5.91 Å². The molecule has 0 saturated heterocycles. The summed E-state index contributed by atoms with van der Waals surface area (Å²) in [5.74, 6) is 0.456. The molecule has 5 nitrogen and oxygen atoms in total. The minimum Gasteiger partial charge on any atom is -0.484 e. The van der Waals surface area contributed by atoms with Crippen LogP contribution in [0.5, 0.6) is 5.75 Å². The van der Waals surface area contributed by atoms with E-state index in [2.05, 4.69) is 5.32 Å². The third-order valence-corrected chi connectivity index (χ3v) is 4.66. The maximum atomic E-state index is 13.0. The molecule has 6 heteroatoms. The number of carbonyl (C=O) groups excluding carboxylic acids is 2. The summed E-state index contributed by atoms with van der Waals surface area (Å²) >= 11 is 5.98. The van der Waals surface area contributed by atoms with E-state index in [1.165, 1.54) is 0 Å². The Balaban J connectivity index is 2.15. The molecule has 2 rings (SSSR count). The number of halogens is 1. The Labute approximate surface area is 178 Å². The highest BCUT2D eigenvalue weighted by atomic mass is 35.5. The Morgan fingerprint density at radius 2 is 1.83 bits per heavy atom. The van der Waals surface area contributed by atoms with Gasteiger partial charge in [0.05, 0.1) is 0 Å². The van der Waals surface area contributed by atoms with E-state index in [1.807, 2.05) is 51.1 Å². The van der Waals surface area contributed by atoms with Gasteiger partial charge in [-0.15, -0.1) is 0 Å². The fraction of sp³-hybridized carbons (Fsp3) is 0.391. The average molecular weight is 417 g/mol. The molecule has 1 N–H and O–H groups in total. The van der Waals surface area contributed by atoms with Crippen molar-refractivity contribution in [2.75, 3.05) is 13.2 Å². The molecule has 0 aliphatic heterocycles. The van der Waals surface area contributed by atoms with E-state index in [1.54, 1.807) is 29.2 Å². The van der Waals surface area contributed by atoms with E-state index in [9.17, 15) is 9.59 Å². The van der Waals surface area contributed by atoms with Crippen LogP contribution in [0.1, 0.15) is 32.8 Å². The summed E-state index contributed by atoms with van der Waals surface area (Å²) in [6, 6.07) is 16.0. The largest absolute Gasteiger partial charge is 0.484 e. The van der Waals surface area contributed by atoms with Crippen molar-refractivity contribution >= 4 is 23.4 Å². The predicted molar refractivity (Wildman–Crippen MR) is 116 cm³/mol. The molecule has 0 spiro atoms. The zero-order valence-electron chi connectivity index (χ0n) is 17.2. The first-order chi connectivity index (χ1) is 13.9. The highest BCUT2D eigenvalue weighted by molar-refractivity contribution is 6.30. The lowest BCUT2D eigenvalue weighted by Gasteiger charge is -2.30. The van der Waals surface area contributed by atoms with E-state index >= 15 is 0 Å². The van der Waals surface area contributed by atoms with Gasteiger partial charge in [-0.2, -0.15) is 0 Å². The molecule has 2 aromatic carbocycles. The first-order valence-corrected chi connectivity index (χ1v) is 10.3. The Morgan fingerprint density at radius 3 is 2.45 bits per heavy atom. The Hall–Kier alpha value is -2.53. The number of benzene rings is 2. The number of hydrogen-bond acceptors (Lipinski definition) is 3. The number of ether oxygens (including phenoxy) is 1. The molecule has 0 fully saturated rings. The Morgan fingerprint density at radius 1 is 1.10 bits per heavy atom. The molecule has 0 bridgehead atoms. The maximum Gasteiger partial charge on any atom is 0.261 e. The van der Waals surface area contributed by atoms with Crippen molar-refractivity contribution < 1.29 is 14.3 Å². The summed E-state index contributed by atoms with van der Waals surface area (Å²) in [6.07, 6.45) is 0.514. The van der Waals surface area contributed by atoms with Crippen LogP contribution in [0.3, 0.4) is 0 Å². The molecule has 0 saturated carbocycles. The van der Waals surface area contributed by atoms with Crippen molar-refractivity contribution in [3.8, 4) is 5.75 Å². The monoisotopic (exact) mass is 416 g/mol. The maximum absolute atomic E-state index is 13.0. The van der Waals surface area contributed by atoms with Crippen molar-refractivity contribution in [1.29, 1.82) is 0 Å². The molecule has 0 heterocycles. The van der Waals surface area contributed by atoms with Gasteiger partial charge in [0.15, 0.2) is 6.61 Å². The zero-order chi connectivity index (χ0) is 21.2. The highest BCUT2D eigenvalue weighted by Crippen LogP contribution is 2.18. The van der Waals surface area contributed by atoms with Gasteiger partial charge in [0.25, 0.3) is 5.91 Å². The second-order valence-corrected chi connectivity index (χ2v) is 7.75. The smallest absolute Gasteiger partial charge is 0.261 e. The SMILES string of the molecule is CCC(C(=O)NCC(C)C)N(Cc1ccccc1)C(=O)COc1cccc(Cl)c1. The van der Waals surface area contributed by atoms with Gasteiger partial charge in [-0.25, -0.2) is 0 Å². The first kappa shape index (κ1) is 22.8. The second kappa shape index (κ2) is 11.5. The lowest BCUT2D eigenvalue weighted by atomic mass is 10.1. The van der Waals surface area contributed by atoms with Crippen molar-refractivity contribution in [2.45, 2.75) is 39.8 Å². The van der Waals surface area contributed by atoms with Crippen molar-refractivity contribution in [3.63, 3.8) is 0 Å². The summed E-state index contributed by atoms with van der Waals surface area (Å²) in [5, 5.41) is 3.48. The number of amides is 2. The van der Waals surface area contributed by atoms with E-state index in [0.717, 1.165) is 5.56 Å². The average Bonchev–Trinajstić information content (AvgIpc) is 2.71. The molecule has 0 aliphatic rings. The standard InChI is InChI=1S/C23H29ClN2O3/c1-4-21(23(28)25-14-17(2)3)26(15-18-9-6-5-7-10-18)22(27)16-29-20-12-8-11-19(24)13-20/h5-13,17,21H,4,14-16H2,1-3H3,(H,25,28). The van der Waals surface area contributed by atoms with Crippen LogP contribution >= 0.6 is 11.6 Å². The lowest BCUT2D eigenvalue weighted by molar-refractivity contribution is -0.143. The van der Waals surface area contributed by atoms with Crippen molar-refractivity contribution in [2.24, 2.45) is 5.92 Å². The molecule has 1 unspecified atom stereocenters. The quantitative estimate of drug-likeness (QED) is 0.628. The number of nitrogens with one attached hydrogen (secondary N) is 1. The fourth-order valence-electron chi connectivity index (χ4n) is 2.91. The van der Waals surface area contributed by atoms with Gasteiger partial charge in [-0.05, 0) is 36.1 Å². The molecule has 156 valence electrons. The van der Waals surface area contributed by atoms with Crippen LogP contribution in [0, 0.1) is 5.92 Å². The minimum absolute atomic E-state index is 0.145. The number of hydrogen-bond donors (Lipinski definition) is 1. The third-order valence-electron chi connectivity index (χ3n) is 4.42. The highest BCUT2D eigenvalue weighted by Gasteiger charge is 2.28. The van der Waals surface area contributed by atoms with Crippen molar-refractivity contribution in [3.05, 3.63) is 65.2 Å². The van der Waals surface area contributed by atoms with Gasteiger partial charge < -0.3 is 15.0 Å². The summed E-state index contributed by atoms with van der Waals surface area (Å²) in [5.41, 5.74) is 0.957. The molecular formula is C23H29ClN2O3. The lowest BCUT2D eigenvalue weighted by Crippen LogP contribution is -2.50. The fourth-order valence-corrected chi connectivity index (χ4v) is 3.09. The number of carbonyl (C=O) groups is 2. The van der Waals surface area contributed by atoms with Gasteiger partial charge in [0, 0.05) is 18.1 Å². The van der Waals surface area contributed by atoms with Crippen LogP contribution < -0.4 is 10.1 Å². The van der Waals surface area contributed by atoms with E-state index in [4.69, 9.17) is 16.3 Å². The molecule has 29 heavy (non-hydrogen) atoms. The zero-order valence-corrected chi connectivity index (χ0v) is 18.0. The summed E-state index contributed by atoms with van der Waals surface area (Å²) in [6.45, 7) is 6.72. The first-order valence-electron chi connectivity index (χ1n) is 9.90. The summed E-state index contributed by atoms with van der Waals surface area (Å²) in [7, 11) is 0. The molecule has 2 amide bonds. The predicted octanol–water partition coefficient (Wildman–Crippen LogP) is 4.30. The normalized spacial score (nSPS) is 11.8. The summed E-state index contributed by atoms with van der Waals surface area (Å²) < 4.78 is 5.63. The van der Waals surface area contributed by atoms with Crippen LogP contribution in [0.2, 0.25) is 5.02 Å². The molecule has 1 atom stereocenters. The molecule has 0 radical (unpaired) electrons. The Kier molecular flexibility index (Phi) is 9.00. The number of rotatable bonds is 10. The van der Waals surface area contributed by atoms with Gasteiger partial charge in [0.1, 0.15) is 11.8 Å². The Bertz CT molecular complexity index is 796. The van der Waals surface area contributed by atoms with Crippen LogP contribution in [0.4, 0.5) is 0 Å². The molecular weight excluding hydrogens is 388 g/mol. The van der Waals surface area contributed by atoms with E-state index in [0.29, 0.717) is 36.2 Å². The van der Waals surface area contributed by atoms with Crippen LogP contribution in [0.25, 0.3) is 0 Å². The van der Waals surface area contributed by atoms with E-state index in [-0.39, 0.29) is 18.4 Å². The van der Waals surface area contributed by atoms with Gasteiger partial charge >= 0.3 is 0 Å². The third kappa shape index (κ3) is 7.42. The van der Waals surface area contributed by atoms with Crippen LogP contribution in [0.15, 0.2) is 54.6 Å². The van der Waals surface area contributed by atoms with E-state index < -0.39 is 6.04 Å². The molecule has 2 aromatic rings. The topological polar surface area (TPSA) is 58.6 Å². The van der Waals surface area contributed by atoms with Crippen LogP contribution in [-0.4, -0.2) is 35.9 Å². The summed E-state index contributed by atoms with van der Waals surface area (Å²) in [4.78, 5) is 27.4. The molecule has 0 aliphatic carbocycles. The van der Waals surface area contributed by atoms with Crippen molar-refractivity contribution in [1.82, 2.24) is 10.2 Å². The second-order valence-electron chi connectivity index (χ2n) is 7.32. The molecule has 0 aromatic heterocycles. The van der Waals surface area contributed by atoms with Crippen LogP contribution in [-0.2, 0) is 16.1 Å².